The summed E-state index contributed by atoms with van der Waals surface area (Å²) < 4.78 is 5.08. The number of halogens is 1. The van der Waals surface area contributed by atoms with Crippen LogP contribution in [-0.2, 0) is 11.2 Å². The quantitative estimate of drug-likeness (QED) is 0.736. The number of nitrogens with one attached hydrogen (secondary N) is 1. The SMILES string of the molecule is COCCNCC(Cc1ccc(Cl)cc1)C1CCC1. The Bertz CT molecular complexity index is 362. The van der Waals surface area contributed by atoms with Crippen molar-refractivity contribution in [1.29, 1.82) is 0 Å². The third-order valence-corrected chi connectivity index (χ3v) is 4.37. The van der Waals surface area contributed by atoms with Crippen molar-refractivity contribution in [3.05, 3.63) is 34.9 Å². The minimum atomic E-state index is 0.742. The molecule has 3 heteroatoms. The van der Waals surface area contributed by atoms with Crippen LogP contribution >= 0.6 is 11.6 Å². The molecule has 19 heavy (non-hydrogen) atoms. The van der Waals surface area contributed by atoms with Crippen molar-refractivity contribution in [1.82, 2.24) is 5.32 Å². The Morgan fingerprint density at radius 1 is 1.32 bits per heavy atom. The molecule has 1 aliphatic carbocycles. The number of rotatable bonds is 8. The van der Waals surface area contributed by atoms with Gasteiger partial charge in [-0.05, 0) is 42.5 Å². The van der Waals surface area contributed by atoms with E-state index in [1.165, 1.54) is 24.8 Å². The first-order valence-electron chi connectivity index (χ1n) is 7.23. The lowest BCUT2D eigenvalue weighted by Gasteiger charge is -2.34. The van der Waals surface area contributed by atoms with Crippen LogP contribution in [0.1, 0.15) is 24.8 Å². The molecule has 2 nitrogen and oxygen atoms in total. The molecule has 0 spiro atoms. The van der Waals surface area contributed by atoms with E-state index in [-0.39, 0.29) is 0 Å². The molecule has 0 bridgehead atoms. The number of benzene rings is 1. The van der Waals surface area contributed by atoms with Gasteiger partial charge in [0.25, 0.3) is 0 Å². The summed E-state index contributed by atoms with van der Waals surface area (Å²) in [6, 6.07) is 8.30. The highest BCUT2D eigenvalue weighted by molar-refractivity contribution is 6.30. The predicted octanol–water partition coefficient (Wildman–Crippen LogP) is 3.53. The highest BCUT2D eigenvalue weighted by Gasteiger charge is 2.26. The monoisotopic (exact) mass is 281 g/mol. The number of methoxy groups -OCH3 is 1. The second kappa shape index (κ2) is 7.88. The second-order valence-electron chi connectivity index (χ2n) is 5.48. The van der Waals surface area contributed by atoms with Gasteiger partial charge in [0.1, 0.15) is 0 Å². The molecule has 1 aromatic carbocycles. The van der Waals surface area contributed by atoms with Gasteiger partial charge in [-0.2, -0.15) is 0 Å². The van der Waals surface area contributed by atoms with E-state index in [9.17, 15) is 0 Å². The van der Waals surface area contributed by atoms with Crippen molar-refractivity contribution >= 4 is 11.6 Å². The smallest absolute Gasteiger partial charge is 0.0587 e. The van der Waals surface area contributed by atoms with Crippen molar-refractivity contribution in [3.8, 4) is 0 Å². The average Bonchev–Trinajstić information content (AvgIpc) is 2.35. The van der Waals surface area contributed by atoms with Gasteiger partial charge < -0.3 is 10.1 Å². The van der Waals surface area contributed by atoms with Gasteiger partial charge >= 0.3 is 0 Å². The van der Waals surface area contributed by atoms with Crippen LogP contribution in [0.3, 0.4) is 0 Å². The summed E-state index contributed by atoms with van der Waals surface area (Å²) in [5.74, 6) is 1.64. The Kier molecular flexibility index (Phi) is 6.15. The van der Waals surface area contributed by atoms with Crippen LogP contribution in [0, 0.1) is 11.8 Å². The maximum absolute atomic E-state index is 5.94. The normalized spacial score (nSPS) is 17.2. The first-order valence-corrected chi connectivity index (χ1v) is 7.61. The number of ether oxygens (including phenoxy) is 1. The van der Waals surface area contributed by atoms with Crippen LogP contribution in [0.15, 0.2) is 24.3 Å². The Balaban J connectivity index is 1.84. The molecule has 1 saturated carbocycles. The molecule has 0 saturated heterocycles. The van der Waals surface area contributed by atoms with Crippen LogP contribution in [0.2, 0.25) is 5.02 Å². The third-order valence-electron chi connectivity index (χ3n) is 4.12. The van der Waals surface area contributed by atoms with Crippen LogP contribution in [0.4, 0.5) is 0 Å². The summed E-state index contributed by atoms with van der Waals surface area (Å²) in [6.45, 7) is 2.83. The molecule has 106 valence electrons. The highest BCUT2D eigenvalue weighted by Crippen LogP contribution is 2.35. The molecule has 1 fully saturated rings. The van der Waals surface area contributed by atoms with Crippen LogP contribution in [0.25, 0.3) is 0 Å². The van der Waals surface area contributed by atoms with Crippen molar-refractivity contribution in [2.45, 2.75) is 25.7 Å². The first-order chi connectivity index (χ1) is 9.29. The Morgan fingerprint density at radius 2 is 2.05 bits per heavy atom. The van der Waals surface area contributed by atoms with Gasteiger partial charge in [-0.25, -0.2) is 0 Å². The second-order valence-corrected chi connectivity index (χ2v) is 5.92. The van der Waals surface area contributed by atoms with E-state index in [2.05, 4.69) is 17.4 Å². The van der Waals surface area contributed by atoms with Crippen LogP contribution < -0.4 is 5.32 Å². The lowest BCUT2D eigenvalue weighted by Crippen LogP contribution is -2.34. The minimum absolute atomic E-state index is 0.742. The molecule has 1 atom stereocenters. The zero-order chi connectivity index (χ0) is 13.5. The van der Waals surface area contributed by atoms with Crippen LogP contribution in [-0.4, -0.2) is 26.8 Å². The maximum atomic E-state index is 5.94. The summed E-state index contributed by atoms with van der Waals surface area (Å²) in [5.41, 5.74) is 1.40. The van der Waals surface area contributed by atoms with Gasteiger partial charge in [-0.15, -0.1) is 0 Å². The molecule has 1 unspecified atom stereocenters. The van der Waals surface area contributed by atoms with Crippen molar-refractivity contribution in [2.24, 2.45) is 11.8 Å². The lowest BCUT2D eigenvalue weighted by atomic mass is 9.73. The molecule has 0 amide bonds. The highest BCUT2D eigenvalue weighted by atomic mass is 35.5. The maximum Gasteiger partial charge on any atom is 0.0587 e. The standard InChI is InChI=1S/C16H24ClNO/c1-19-10-9-18-12-15(14-3-2-4-14)11-13-5-7-16(17)8-6-13/h5-8,14-15,18H,2-4,9-12H2,1H3. The van der Waals surface area contributed by atoms with E-state index >= 15 is 0 Å². The fourth-order valence-electron chi connectivity index (χ4n) is 2.70. The van der Waals surface area contributed by atoms with E-state index in [1.54, 1.807) is 7.11 Å². The third kappa shape index (κ3) is 4.79. The first kappa shape index (κ1) is 14.8. The Morgan fingerprint density at radius 3 is 2.63 bits per heavy atom. The van der Waals surface area contributed by atoms with Gasteiger partial charge in [0.2, 0.25) is 0 Å². The zero-order valence-corrected chi connectivity index (χ0v) is 12.5. The van der Waals surface area contributed by atoms with E-state index < -0.39 is 0 Å². The molecule has 1 N–H and O–H groups in total. The van der Waals surface area contributed by atoms with Crippen LogP contribution in [0.5, 0.6) is 0 Å². The minimum Gasteiger partial charge on any atom is -0.383 e. The number of hydrogen-bond acceptors (Lipinski definition) is 2. The Hall–Kier alpha value is -0.570. The van der Waals surface area contributed by atoms with Gasteiger partial charge in [0.05, 0.1) is 6.61 Å². The fourth-order valence-corrected chi connectivity index (χ4v) is 2.83. The molecule has 0 aromatic heterocycles. The van der Waals surface area contributed by atoms with Crippen molar-refractivity contribution < 1.29 is 4.74 Å². The summed E-state index contributed by atoms with van der Waals surface area (Å²) in [5, 5.41) is 4.34. The molecule has 2 rings (SSSR count). The molecule has 0 radical (unpaired) electrons. The summed E-state index contributed by atoms with van der Waals surface area (Å²) in [6.07, 6.45) is 5.34. The molecule has 1 aromatic rings. The largest absolute Gasteiger partial charge is 0.383 e. The van der Waals surface area contributed by atoms with Crippen molar-refractivity contribution in [3.63, 3.8) is 0 Å². The van der Waals surface area contributed by atoms with Gasteiger partial charge in [-0.3, -0.25) is 0 Å². The summed E-state index contributed by atoms with van der Waals surface area (Å²) in [7, 11) is 1.75. The van der Waals surface area contributed by atoms with Gasteiger partial charge in [0.15, 0.2) is 0 Å². The average molecular weight is 282 g/mol. The van der Waals surface area contributed by atoms with E-state index in [4.69, 9.17) is 16.3 Å². The molecule has 0 heterocycles. The van der Waals surface area contributed by atoms with Crippen molar-refractivity contribution in [2.75, 3.05) is 26.8 Å². The van der Waals surface area contributed by atoms with E-state index in [0.717, 1.165) is 43.0 Å². The zero-order valence-electron chi connectivity index (χ0n) is 11.7. The Labute approximate surface area is 121 Å². The van der Waals surface area contributed by atoms with Gasteiger partial charge in [-0.1, -0.05) is 43.0 Å². The van der Waals surface area contributed by atoms with E-state index in [1.807, 2.05) is 12.1 Å². The summed E-state index contributed by atoms with van der Waals surface area (Å²) >= 11 is 5.94. The molecule has 0 aliphatic heterocycles. The van der Waals surface area contributed by atoms with Gasteiger partial charge in [0, 0.05) is 18.7 Å². The number of hydrogen-bond donors (Lipinski definition) is 1. The summed E-state index contributed by atoms with van der Waals surface area (Å²) in [4.78, 5) is 0. The lowest BCUT2D eigenvalue weighted by molar-refractivity contribution is 0.178. The predicted molar refractivity (Wildman–Crippen MR) is 80.7 cm³/mol. The molecular weight excluding hydrogens is 258 g/mol. The topological polar surface area (TPSA) is 21.3 Å². The molecular formula is C16H24ClNO. The molecule has 1 aliphatic rings. The fraction of sp³-hybridized carbons (Fsp3) is 0.625. The van der Waals surface area contributed by atoms with E-state index in [0.29, 0.717) is 0 Å².